The summed E-state index contributed by atoms with van der Waals surface area (Å²) in [5.74, 6) is 1.12. The van der Waals surface area contributed by atoms with Crippen molar-refractivity contribution < 1.29 is 23.7 Å². The zero-order valence-electron chi connectivity index (χ0n) is 14.4. The molecule has 0 fully saturated rings. The van der Waals surface area contributed by atoms with Crippen LogP contribution in [-0.2, 0) is 9.53 Å². The van der Waals surface area contributed by atoms with Crippen molar-refractivity contribution in [2.45, 2.75) is 0 Å². The van der Waals surface area contributed by atoms with E-state index >= 15 is 0 Å². The number of carbonyl (C=O) groups is 1. The molecule has 6 nitrogen and oxygen atoms in total. The van der Waals surface area contributed by atoms with E-state index in [1.165, 1.54) is 21.3 Å². The van der Waals surface area contributed by atoms with Gasteiger partial charge in [0.2, 0.25) is 11.6 Å². The zero-order valence-corrected chi connectivity index (χ0v) is 15.2. The number of carbonyl (C=O) groups excluding carboxylic acids is 1. The Morgan fingerprint density at radius 2 is 1.62 bits per heavy atom. The van der Waals surface area contributed by atoms with Crippen molar-refractivity contribution in [3.63, 3.8) is 0 Å². The molecule has 0 amide bonds. The molecule has 0 aliphatic carbocycles. The molecule has 0 aromatic heterocycles. The largest absolute Gasteiger partial charge is 0.493 e. The van der Waals surface area contributed by atoms with Crippen molar-refractivity contribution in [3.05, 3.63) is 58.2 Å². The van der Waals surface area contributed by atoms with Crippen LogP contribution >= 0.6 is 11.6 Å². The van der Waals surface area contributed by atoms with Crippen LogP contribution in [-0.4, -0.2) is 33.2 Å². The van der Waals surface area contributed by atoms with Crippen molar-refractivity contribution in [1.82, 2.24) is 0 Å². The SMILES string of the molecule is COc1cc(/C=C2\N=C(c3ccc(Cl)cc3)OC2=O)cc(OC)c1OC. The van der Waals surface area contributed by atoms with Gasteiger partial charge in [-0.15, -0.1) is 0 Å². The minimum atomic E-state index is -0.538. The van der Waals surface area contributed by atoms with Gasteiger partial charge >= 0.3 is 5.97 Å². The number of halogens is 1. The topological polar surface area (TPSA) is 66.4 Å². The van der Waals surface area contributed by atoms with Gasteiger partial charge in [-0.2, -0.15) is 0 Å². The van der Waals surface area contributed by atoms with Gasteiger partial charge in [-0.05, 0) is 48.0 Å². The molecule has 3 rings (SSSR count). The maximum absolute atomic E-state index is 12.1. The average molecular weight is 374 g/mol. The molecule has 0 bridgehead atoms. The zero-order chi connectivity index (χ0) is 18.7. The van der Waals surface area contributed by atoms with Crippen LogP contribution in [0.3, 0.4) is 0 Å². The van der Waals surface area contributed by atoms with E-state index in [0.29, 0.717) is 33.4 Å². The molecule has 26 heavy (non-hydrogen) atoms. The molecular formula is C19H16ClNO5. The molecule has 0 radical (unpaired) electrons. The van der Waals surface area contributed by atoms with Crippen molar-refractivity contribution in [3.8, 4) is 17.2 Å². The summed E-state index contributed by atoms with van der Waals surface area (Å²) in [5, 5.41) is 0.590. The van der Waals surface area contributed by atoms with Crippen LogP contribution in [0.1, 0.15) is 11.1 Å². The minimum Gasteiger partial charge on any atom is -0.493 e. The summed E-state index contributed by atoms with van der Waals surface area (Å²) in [6.07, 6.45) is 1.59. The fourth-order valence-corrected chi connectivity index (χ4v) is 2.59. The van der Waals surface area contributed by atoms with Gasteiger partial charge in [-0.3, -0.25) is 0 Å². The molecule has 0 saturated carbocycles. The van der Waals surface area contributed by atoms with E-state index in [9.17, 15) is 4.79 Å². The van der Waals surface area contributed by atoms with Gasteiger partial charge in [-0.25, -0.2) is 9.79 Å². The first-order chi connectivity index (χ1) is 12.5. The first-order valence-electron chi connectivity index (χ1n) is 7.64. The fourth-order valence-electron chi connectivity index (χ4n) is 2.47. The molecule has 2 aromatic carbocycles. The monoisotopic (exact) mass is 373 g/mol. The van der Waals surface area contributed by atoms with E-state index in [1.54, 1.807) is 42.5 Å². The molecule has 1 heterocycles. The number of benzene rings is 2. The highest BCUT2D eigenvalue weighted by Crippen LogP contribution is 2.39. The molecule has 1 aliphatic rings. The van der Waals surface area contributed by atoms with Crippen LogP contribution < -0.4 is 14.2 Å². The molecule has 2 aromatic rings. The molecule has 1 aliphatic heterocycles. The third-order valence-electron chi connectivity index (χ3n) is 3.70. The van der Waals surface area contributed by atoms with Gasteiger partial charge in [0.25, 0.3) is 0 Å². The molecule has 0 unspecified atom stereocenters. The Hall–Kier alpha value is -2.99. The summed E-state index contributed by atoms with van der Waals surface area (Å²) in [4.78, 5) is 16.4. The molecule has 0 atom stereocenters. The number of ether oxygens (including phenoxy) is 4. The highest BCUT2D eigenvalue weighted by molar-refractivity contribution is 6.30. The highest BCUT2D eigenvalue weighted by Gasteiger charge is 2.24. The van der Waals surface area contributed by atoms with Crippen LogP contribution in [0, 0.1) is 0 Å². The van der Waals surface area contributed by atoms with Crippen molar-refractivity contribution in [1.29, 1.82) is 0 Å². The second-order valence-electron chi connectivity index (χ2n) is 5.30. The quantitative estimate of drug-likeness (QED) is 0.590. The Bertz CT molecular complexity index is 878. The van der Waals surface area contributed by atoms with Crippen molar-refractivity contribution in [2.24, 2.45) is 4.99 Å². The van der Waals surface area contributed by atoms with Crippen molar-refractivity contribution >= 4 is 29.5 Å². The summed E-state index contributed by atoms with van der Waals surface area (Å²) in [6, 6.07) is 10.3. The van der Waals surface area contributed by atoms with E-state index in [4.69, 9.17) is 30.5 Å². The molecular weight excluding hydrogens is 358 g/mol. The Balaban J connectivity index is 1.99. The van der Waals surface area contributed by atoms with Gasteiger partial charge in [0.05, 0.1) is 21.3 Å². The summed E-state index contributed by atoms with van der Waals surface area (Å²) in [6.45, 7) is 0. The first kappa shape index (κ1) is 17.8. The van der Waals surface area contributed by atoms with Crippen LogP contribution in [0.5, 0.6) is 17.2 Å². The van der Waals surface area contributed by atoms with Crippen LogP contribution in [0.15, 0.2) is 47.1 Å². The second kappa shape index (κ2) is 7.49. The van der Waals surface area contributed by atoms with E-state index < -0.39 is 5.97 Å². The number of rotatable bonds is 5. The summed E-state index contributed by atoms with van der Waals surface area (Å²) < 4.78 is 21.2. The van der Waals surface area contributed by atoms with Gasteiger partial charge < -0.3 is 18.9 Å². The normalized spacial score (nSPS) is 14.8. The van der Waals surface area contributed by atoms with Gasteiger partial charge in [0.15, 0.2) is 17.2 Å². The molecule has 7 heteroatoms. The maximum atomic E-state index is 12.1. The highest BCUT2D eigenvalue weighted by atomic mass is 35.5. The van der Waals surface area contributed by atoms with Gasteiger partial charge in [0, 0.05) is 10.6 Å². The lowest BCUT2D eigenvalue weighted by atomic mass is 10.1. The maximum Gasteiger partial charge on any atom is 0.363 e. The van der Waals surface area contributed by atoms with Gasteiger partial charge in [-0.1, -0.05) is 11.6 Å². The first-order valence-corrected chi connectivity index (χ1v) is 8.02. The van der Waals surface area contributed by atoms with Crippen molar-refractivity contribution in [2.75, 3.05) is 21.3 Å². The molecule has 0 saturated heterocycles. The van der Waals surface area contributed by atoms with E-state index in [0.717, 1.165) is 0 Å². The van der Waals surface area contributed by atoms with Crippen LogP contribution in [0.2, 0.25) is 5.02 Å². The summed E-state index contributed by atoms with van der Waals surface area (Å²) in [7, 11) is 4.57. The average Bonchev–Trinajstić information content (AvgIpc) is 3.01. The van der Waals surface area contributed by atoms with E-state index in [1.807, 2.05) is 0 Å². The predicted octanol–water partition coefficient (Wildman–Crippen LogP) is 3.71. The predicted molar refractivity (Wildman–Crippen MR) is 98.2 cm³/mol. The third kappa shape index (κ3) is 3.50. The standard InChI is InChI=1S/C19H16ClNO5/c1-23-15-9-11(10-16(24-2)17(15)25-3)8-14-19(22)26-18(21-14)12-4-6-13(20)7-5-12/h4-10H,1-3H3/b14-8-. The number of cyclic esters (lactones) is 1. The fraction of sp³-hybridized carbons (Fsp3) is 0.158. The summed E-state index contributed by atoms with van der Waals surface area (Å²) >= 11 is 5.87. The van der Waals surface area contributed by atoms with E-state index in [2.05, 4.69) is 4.99 Å². The molecule has 0 N–H and O–H groups in total. The minimum absolute atomic E-state index is 0.171. The molecule has 134 valence electrons. The third-order valence-corrected chi connectivity index (χ3v) is 3.95. The smallest absolute Gasteiger partial charge is 0.363 e. The number of hydrogen-bond acceptors (Lipinski definition) is 6. The van der Waals surface area contributed by atoms with Crippen LogP contribution in [0.25, 0.3) is 6.08 Å². The lowest BCUT2D eigenvalue weighted by Crippen LogP contribution is -2.05. The number of methoxy groups -OCH3 is 3. The number of nitrogens with zero attached hydrogens (tertiary/aromatic N) is 1. The number of esters is 1. The Morgan fingerprint density at radius 3 is 2.15 bits per heavy atom. The number of aliphatic imine (C=N–C) groups is 1. The Kier molecular flexibility index (Phi) is 5.14. The Labute approximate surface area is 155 Å². The van der Waals surface area contributed by atoms with Gasteiger partial charge in [0.1, 0.15) is 0 Å². The van der Waals surface area contributed by atoms with E-state index in [-0.39, 0.29) is 11.6 Å². The lowest BCUT2D eigenvalue weighted by molar-refractivity contribution is -0.129. The lowest BCUT2D eigenvalue weighted by Gasteiger charge is -2.12. The molecule has 0 spiro atoms. The Morgan fingerprint density at radius 1 is 1.00 bits per heavy atom. The second-order valence-corrected chi connectivity index (χ2v) is 5.74. The van der Waals surface area contributed by atoms with Crippen LogP contribution in [0.4, 0.5) is 0 Å². The number of hydrogen-bond donors (Lipinski definition) is 0. The summed E-state index contributed by atoms with van der Waals surface area (Å²) in [5.41, 5.74) is 1.49.